The molecule has 0 heteroatoms. The highest BCUT2D eigenvalue weighted by molar-refractivity contribution is 5.25. The molecular formula is C15H24. The molecule has 1 rings (SSSR count). The normalized spacial score (nSPS) is 23.7. The first kappa shape index (κ1) is 12.3. The molecule has 0 aromatic rings. The molecule has 0 radical (unpaired) electrons. The van der Waals surface area contributed by atoms with Gasteiger partial charge in [0.05, 0.1) is 0 Å². The van der Waals surface area contributed by atoms with Gasteiger partial charge in [0, 0.05) is 0 Å². The SMILES string of the molecule is C=C(C)CCC(=C)C1CC=C(C)C1(C)C. The molecule has 0 saturated carbocycles. The molecule has 0 nitrogen and oxygen atoms in total. The van der Waals surface area contributed by atoms with Gasteiger partial charge < -0.3 is 0 Å². The molecule has 0 aliphatic heterocycles. The zero-order valence-electron chi connectivity index (χ0n) is 10.7. The summed E-state index contributed by atoms with van der Waals surface area (Å²) >= 11 is 0. The molecule has 0 aromatic heterocycles. The van der Waals surface area contributed by atoms with Crippen LogP contribution in [0.1, 0.15) is 47.0 Å². The van der Waals surface area contributed by atoms with Gasteiger partial charge in [0.2, 0.25) is 0 Å². The average molecular weight is 204 g/mol. The van der Waals surface area contributed by atoms with Crippen molar-refractivity contribution in [3.8, 4) is 0 Å². The second-order valence-electron chi connectivity index (χ2n) is 5.51. The fourth-order valence-electron chi connectivity index (χ4n) is 2.35. The summed E-state index contributed by atoms with van der Waals surface area (Å²) in [4.78, 5) is 0. The van der Waals surface area contributed by atoms with E-state index >= 15 is 0 Å². The second kappa shape index (κ2) is 4.38. The smallest absolute Gasteiger partial charge is 0.00792 e. The third-order valence-electron chi connectivity index (χ3n) is 3.91. The number of allylic oxidation sites excluding steroid dienone is 4. The van der Waals surface area contributed by atoms with Crippen LogP contribution < -0.4 is 0 Å². The van der Waals surface area contributed by atoms with E-state index in [9.17, 15) is 0 Å². The largest absolute Gasteiger partial charge is 0.100 e. The molecule has 1 unspecified atom stereocenters. The van der Waals surface area contributed by atoms with Gasteiger partial charge in [-0.05, 0) is 44.4 Å². The first-order valence-corrected chi connectivity index (χ1v) is 5.85. The zero-order valence-corrected chi connectivity index (χ0v) is 10.7. The van der Waals surface area contributed by atoms with Gasteiger partial charge in [0.1, 0.15) is 0 Å². The van der Waals surface area contributed by atoms with Crippen LogP contribution in [-0.4, -0.2) is 0 Å². The van der Waals surface area contributed by atoms with Gasteiger partial charge in [0.15, 0.2) is 0 Å². The van der Waals surface area contributed by atoms with E-state index in [1.165, 1.54) is 23.1 Å². The third kappa shape index (κ3) is 2.62. The van der Waals surface area contributed by atoms with E-state index in [0.29, 0.717) is 11.3 Å². The highest BCUT2D eigenvalue weighted by Gasteiger charge is 2.35. The molecule has 1 aliphatic carbocycles. The van der Waals surface area contributed by atoms with E-state index in [0.717, 1.165) is 12.8 Å². The summed E-state index contributed by atoms with van der Waals surface area (Å²) in [7, 11) is 0. The van der Waals surface area contributed by atoms with Crippen LogP contribution >= 0.6 is 0 Å². The molecule has 1 aliphatic rings. The van der Waals surface area contributed by atoms with Crippen molar-refractivity contribution in [2.24, 2.45) is 11.3 Å². The first-order chi connectivity index (χ1) is 6.85. The Balaban J connectivity index is 2.60. The van der Waals surface area contributed by atoms with Gasteiger partial charge in [0.25, 0.3) is 0 Å². The lowest BCUT2D eigenvalue weighted by molar-refractivity contribution is 0.329. The first-order valence-electron chi connectivity index (χ1n) is 5.85. The van der Waals surface area contributed by atoms with E-state index in [1.807, 2.05) is 0 Å². The Labute approximate surface area is 94.8 Å². The lowest BCUT2D eigenvalue weighted by Gasteiger charge is -2.31. The Hall–Kier alpha value is -0.780. The molecule has 1 atom stereocenters. The lowest BCUT2D eigenvalue weighted by Crippen LogP contribution is -2.21. The van der Waals surface area contributed by atoms with Crippen LogP contribution in [0.3, 0.4) is 0 Å². The minimum atomic E-state index is 0.312. The molecule has 0 heterocycles. The van der Waals surface area contributed by atoms with Crippen molar-refractivity contribution in [3.05, 3.63) is 36.0 Å². The molecule has 0 fully saturated rings. The summed E-state index contributed by atoms with van der Waals surface area (Å²) in [6.45, 7) is 17.2. The second-order valence-corrected chi connectivity index (χ2v) is 5.51. The summed E-state index contributed by atoms with van der Waals surface area (Å²) in [6, 6.07) is 0. The Morgan fingerprint density at radius 2 is 2.00 bits per heavy atom. The Bertz CT molecular complexity index is 302. The molecule has 0 aromatic carbocycles. The number of hydrogen-bond donors (Lipinski definition) is 0. The third-order valence-corrected chi connectivity index (χ3v) is 3.91. The highest BCUT2D eigenvalue weighted by Crippen LogP contribution is 2.47. The summed E-state index contributed by atoms with van der Waals surface area (Å²) in [5.41, 5.74) is 4.49. The van der Waals surface area contributed by atoms with E-state index in [1.54, 1.807) is 0 Å². The van der Waals surface area contributed by atoms with Crippen molar-refractivity contribution in [3.63, 3.8) is 0 Å². The van der Waals surface area contributed by atoms with Gasteiger partial charge in [-0.25, -0.2) is 0 Å². The topological polar surface area (TPSA) is 0 Å². The highest BCUT2D eigenvalue weighted by atomic mass is 14.4. The molecule has 0 spiro atoms. The molecular weight excluding hydrogens is 180 g/mol. The van der Waals surface area contributed by atoms with Gasteiger partial charge in [-0.2, -0.15) is 0 Å². The van der Waals surface area contributed by atoms with Gasteiger partial charge >= 0.3 is 0 Å². The minimum absolute atomic E-state index is 0.312. The van der Waals surface area contributed by atoms with Crippen LogP contribution in [0.25, 0.3) is 0 Å². The van der Waals surface area contributed by atoms with Crippen molar-refractivity contribution in [1.29, 1.82) is 0 Å². The Morgan fingerprint density at radius 1 is 1.40 bits per heavy atom. The van der Waals surface area contributed by atoms with Crippen molar-refractivity contribution in [1.82, 2.24) is 0 Å². The number of hydrogen-bond acceptors (Lipinski definition) is 0. The van der Waals surface area contributed by atoms with E-state index in [4.69, 9.17) is 0 Å². The fraction of sp³-hybridized carbons (Fsp3) is 0.600. The van der Waals surface area contributed by atoms with Crippen LogP contribution in [0, 0.1) is 11.3 Å². The fourth-order valence-corrected chi connectivity index (χ4v) is 2.35. The summed E-state index contributed by atoms with van der Waals surface area (Å²) in [6.07, 6.45) is 5.74. The van der Waals surface area contributed by atoms with Crippen LogP contribution in [0.2, 0.25) is 0 Å². The maximum absolute atomic E-state index is 4.26. The molecule has 84 valence electrons. The predicted octanol–water partition coefficient (Wildman–Crippen LogP) is 4.89. The van der Waals surface area contributed by atoms with Crippen molar-refractivity contribution >= 4 is 0 Å². The summed E-state index contributed by atoms with van der Waals surface area (Å²) in [5, 5.41) is 0. The predicted molar refractivity (Wildman–Crippen MR) is 68.8 cm³/mol. The average Bonchev–Trinajstić information content (AvgIpc) is 2.38. The van der Waals surface area contributed by atoms with E-state index in [-0.39, 0.29) is 0 Å². The minimum Gasteiger partial charge on any atom is -0.100 e. The van der Waals surface area contributed by atoms with Crippen LogP contribution in [0.15, 0.2) is 36.0 Å². The van der Waals surface area contributed by atoms with Crippen molar-refractivity contribution in [2.45, 2.75) is 47.0 Å². The van der Waals surface area contributed by atoms with Crippen molar-refractivity contribution < 1.29 is 0 Å². The molecule has 0 N–H and O–H groups in total. The number of rotatable bonds is 4. The van der Waals surface area contributed by atoms with Gasteiger partial charge in [-0.3, -0.25) is 0 Å². The van der Waals surface area contributed by atoms with Crippen molar-refractivity contribution in [2.75, 3.05) is 0 Å². The maximum atomic E-state index is 4.26. The lowest BCUT2D eigenvalue weighted by atomic mass is 9.73. The van der Waals surface area contributed by atoms with Crippen LogP contribution in [0.5, 0.6) is 0 Å². The Morgan fingerprint density at radius 3 is 2.40 bits per heavy atom. The van der Waals surface area contributed by atoms with Gasteiger partial charge in [-0.1, -0.05) is 43.2 Å². The zero-order chi connectivity index (χ0) is 11.6. The van der Waals surface area contributed by atoms with E-state index < -0.39 is 0 Å². The molecule has 0 bridgehead atoms. The monoisotopic (exact) mass is 204 g/mol. The Kier molecular flexibility index (Phi) is 3.59. The summed E-state index contributed by atoms with van der Waals surface area (Å²) in [5.74, 6) is 0.636. The van der Waals surface area contributed by atoms with Crippen LogP contribution in [-0.2, 0) is 0 Å². The van der Waals surface area contributed by atoms with Gasteiger partial charge in [-0.15, -0.1) is 6.58 Å². The maximum Gasteiger partial charge on any atom is -0.00792 e. The van der Waals surface area contributed by atoms with E-state index in [2.05, 4.69) is 46.9 Å². The summed E-state index contributed by atoms with van der Waals surface area (Å²) < 4.78 is 0. The molecule has 15 heavy (non-hydrogen) atoms. The van der Waals surface area contributed by atoms with Crippen LogP contribution in [0.4, 0.5) is 0 Å². The molecule has 0 saturated heterocycles. The quantitative estimate of drug-likeness (QED) is 0.572. The molecule has 0 amide bonds. The standard InChI is InChI=1S/C15H24/c1-11(2)7-8-12(3)14-10-9-13(4)15(14,5)6/h9,14H,1,3,7-8,10H2,2,4-6H3.